The molecule has 2 aromatic heterocycles. The van der Waals surface area contributed by atoms with Crippen LogP contribution in [0.15, 0.2) is 23.8 Å². The Bertz CT molecular complexity index is 382. The third-order valence-corrected chi connectivity index (χ3v) is 1.95. The first kappa shape index (κ1) is 8.00. The molecule has 0 N–H and O–H groups in total. The molecule has 0 amide bonds. The lowest BCUT2D eigenvalue weighted by molar-refractivity contribution is 1.03. The van der Waals surface area contributed by atoms with Gasteiger partial charge in [0, 0.05) is 5.38 Å². The summed E-state index contributed by atoms with van der Waals surface area (Å²) >= 11 is 1.33. The van der Waals surface area contributed by atoms with Crippen LogP contribution in [0.25, 0.3) is 12.2 Å². The van der Waals surface area contributed by atoms with E-state index in [9.17, 15) is 0 Å². The number of hydrogen-bond donors (Lipinski definition) is 0. The van der Waals surface area contributed by atoms with Crippen LogP contribution in [-0.2, 0) is 0 Å². The maximum atomic E-state index is 3.88. The first-order valence-corrected chi connectivity index (χ1v) is 4.50. The van der Waals surface area contributed by atoms with E-state index in [4.69, 9.17) is 0 Å². The molecule has 0 radical (unpaired) electrons. The quantitative estimate of drug-likeness (QED) is 0.720. The molecule has 64 valence electrons. The summed E-state index contributed by atoms with van der Waals surface area (Å²) in [4.78, 5) is 0. The minimum atomic E-state index is 0.863. The van der Waals surface area contributed by atoms with Crippen molar-refractivity contribution in [3.8, 4) is 0 Å². The minimum absolute atomic E-state index is 0.863. The molecule has 0 saturated carbocycles. The Morgan fingerprint density at radius 3 is 2.92 bits per heavy atom. The highest BCUT2D eigenvalue weighted by molar-refractivity contribution is 7.03. The SMILES string of the molecule is C(=C\c1csnn1)/c1ccnnc1. The molecule has 0 unspecified atom stereocenters. The van der Waals surface area contributed by atoms with Gasteiger partial charge >= 0.3 is 0 Å². The van der Waals surface area contributed by atoms with Gasteiger partial charge < -0.3 is 0 Å². The summed E-state index contributed by atoms with van der Waals surface area (Å²) in [6, 6.07) is 1.88. The molecule has 13 heavy (non-hydrogen) atoms. The van der Waals surface area contributed by atoms with E-state index < -0.39 is 0 Å². The highest BCUT2D eigenvalue weighted by Crippen LogP contribution is 2.04. The van der Waals surface area contributed by atoms with Crippen molar-refractivity contribution in [1.82, 2.24) is 19.8 Å². The zero-order valence-electron chi connectivity index (χ0n) is 6.66. The zero-order valence-corrected chi connectivity index (χ0v) is 7.48. The number of aromatic nitrogens is 4. The minimum Gasteiger partial charge on any atom is -0.159 e. The Labute approximate surface area is 79.1 Å². The summed E-state index contributed by atoms with van der Waals surface area (Å²) < 4.78 is 3.75. The normalized spacial score (nSPS) is 10.8. The van der Waals surface area contributed by atoms with Crippen LogP contribution in [0.3, 0.4) is 0 Å². The predicted molar refractivity (Wildman–Crippen MR) is 50.9 cm³/mol. The van der Waals surface area contributed by atoms with E-state index in [2.05, 4.69) is 19.8 Å². The molecule has 4 nitrogen and oxygen atoms in total. The Kier molecular flexibility index (Phi) is 2.38. The smallest absolute Gasteiger partial charge is 0.0982 e. The van der Waals surface area contributed by atoms with Crippen LogP contribution in [0.4, 0.5) is 0 Å². The lowest BCUT2D eigenvalue weighted by Crippen LogP contribution is -1.78. The van der Waals surface area contributed by atoms with Crippen molar-refractivity contribution in [1.29, 1.82) is 0 Å². The van der Waals surface area contributed by atoms with E-state index in [-0.39, 0.29) is 0 Å². The Morgan fingerprint density at radius 1 is 1.23 bits per heavy atom. The van der Waals surface area contributed by atoms with Crippen LogP contribution in [0.1, 0.15) is 11.3 Å². The van der Waals surface area contributed by atoms with Crippen molar-refractivity contribution in [3.63, 3.8) is 0 Å². The molecule has 2 aromatic rings. The Hall–Kier alpha value is -1.62. The van der Waals surface area contributed by atoms with Crippen molar-refractivity contribution in [2.45, 2.75) is 0 Å². The van der Waals surface area contributed by atoms with Crippen molar-refractivity contribution >= 4 is 23.7 Å². The fourth-order valence-corrected chi connectivity index (χ4v) is 1.25. The second kappa shape index (κ2) is 3.86. The molecule has 0 aliphatic heterocycles. The third-order valence-electron chi connectivity index (χ3n) is 1.43. The Morgan fingerprint density at radius 2 is 2.23 bits per heavy atom. The van der Waals surface area contributed by atoms with Crippen molar-refractivity contribution in [3.05, 3.63) is 35.1 Å². The maximum absolute atomic E-state index is 3.88. The van der Waals surface area contributed by atoms with Crippen LogP contribution < -0.4 is 0 Å². The summed E-state index contributed by atoms with van der Waals surface area (Å²) in [5.41, 5.74) is 1.87. The van der Waals surface area contributed by atoms with E-state index in [0.29, 0.717) is 0 Å². The lowest BCUT2D eigenvalue weighted by atomic mass is 10.3. The van der Waals surface area contributed by atoms with Gasteiger partial charge in [-0.1, -0.05) is 10.6 Å². The topological polar surface area (TPSA) is 51.6 Å². The van der Waals surface area contributed by atoms with E-state index >= 15 is 0 Å². The average Bonchev–Trinajstić information content (AvgIpc) is 2.69. The van der Waals surface area contributed by atoms with Gasteiger partial charge in [0.1, 0.15) is 0 Å². The van der Waals surface area contributed by atoms with Crippen molar-refractivity contribution in [2.75, 3.05) is 0 Å². The standard InChI is InChI=1S/C8H6N4S/c1(2-8-6-13-12-11-8)7-3-4-9-10-5-7/h1-6H/b2-1+. The van der Waals surface area contributed by atoms with Crippen LogP contribution in [0, 0.1) is 0 Å². The molecule has 0 saturated heterocycles. The molecule has 0 aromatic carbocycles. The molecule has 2 heterocycles. The molecular weight excluding hydrogens is 184 g/mol. The summed E-state index contributed by atoms with van der Waals surface area (Å²) in [7, 11) is 0. The lowest BCUT2D eigenvalue weighted by Gasteiger charge is -1.87. The van der Waals surface area contributed by atoms with E-state index in [0.717, 1.165) is 11.3 Å². The van der Waals surface area contributed by atoms with Gasteiger partial charge in [0.15, 0.2) is 0 Å². The molecule has 0 spiro atoms. The highest BCUT2D eigenvalue weighted by Gasteiger charge is 1.89. The molecule has 2 rings (SSSR count). The van der Waals surface area contributed by atoms with Gasteiger partial charge in [-0.05, 0) is 29.2 Å². The van der Waals surface area contributed by atoms with Gasteiger partial charge in [-0.15, -0.1) is 5.10 Å². The fraction of sp³-hybridized carbons (Fsp3) is 0. The average molecular weight is 190 g/mol. The molecule has 5 heteroatoms. The van der Waals surface area contributed by atoms with Crippen LogP contribution in [0.5, 0.6) is 0 Å². The Balaban J connectivity index is 2.15. The van der Waals surface area contributed by atoms with Gasteiger partial charge in [-0.2, -0.15) is 10.2 Å². The first-order chi connectivity index (χ1) is 6.45. The summed E-state index contributed by atoms with van der Waals surface area (Å²) in [6.07, 6.45) is 7.15. The van der Waals surface area contributed by atoms with Gasteiger partial charge in [0.2, 0.25) is 0 Å². The second-order valence-electron chi connectivity index (χ2n) is 2.34. The van der Waals surface area contributed by atoms with Crippen molar-refractivity contribution < 1.29 is 0 Å². The fourth-order valence-electron chi connectivity index (χ4n) is 0.826. The second-order valence-corrected chi connectivity index (χ2v) is 2.95. The zero-order chi connectivity index (χ0) is 8.93. The van der Waals surface area contributed by atoms with Crippen LogP contribution in [0.2, 0.25) is 0 Å². The molecule has 0 aliphatic rings. The summed E-state index contributed by atoms with van der Waals surface area (Å²) in [6.45, 7) is 0. The van der Waals surface area contributed by atoms with Gasteiger partial charge in [0.05, 0.1) is 18.1 Å². The van der Waals surface area contributed by atoms with E-state index in [1.54, 1.807) is 12.4 Å². The predicted octanol–water partition coefficient (Wildman–Crippen LogP) is 1.50. The number of rotatable bonds is 2. The molecular formula is C8H6N4S. The van der Waals surface area contributed by atoms with E-state index in [1.807, 2.05) is 23.6 Å². The van der Waals surface area contributed by atoms with Crippen LogP contribution in [-0.4, -0.2) is 19.8 Å². The molecule has 0 atom stereocenters. The van der Waals surface area contributed by atoms with E-state index in [1.165, 1.54) is 11.5 Å². The summed E-state index contributed by atoms with van der Waals surface area (Å²) in [5, 5.41) is 13.2. The van der Waals surface area contributed by atoms with Gasteiger partial charge in [-0.3, -0.25) is 0 Å². The molecule has 0 bridgehead atoms. The summed E-state index contributed by atoms with van der Waals surface area (Å²) in [5.74, 6) is 0. The number of hydrogen-bond acceptors (Lipinski definition) is 5. The first-order valence-electron chi connectivity index (χ1n) is 3.67. The van der Waals surface area contributed by atoms with Gasteiger partial charge in [0.25, 0.3) is 0 Å². The van der Waals surface area contributed by atoms with Gasteiger partial charge in [-0.25, -0.2) is 0 Å². The monoisotopic (exact) mass is 190 g/mol. The maximum Gasteiger partial charge on any atom is 0.0982 e. The highest BCUT2D eigenvalue weighted by atomic mass is 32.1. The number of nitrogens with zero attached hydrogens (tertiary/aromatic N) is 4. The van der Waals surface area contributed by atoms with Crippen molar-refractivity contribution in [2.24, 2.45) is 0 Å². The molecule has 0 aliphatic carbocycles. The van der Waals surface area contributed by atoms with Crippen LogP contribution >= 0.6 is 11.5 Å². The third kappa shape index (κ3) is 2.16. The molecule has 0 fully saturated rings. The largest absolute Gasteiger partial charge is 0.159 e.